The van der Waals surface area contributed by atoms with Crippen molar-refractivity contribution < 1.29 is 17.8 Å². The zero-order valence-corrected chi connectivity index (χ0v) is 12.9. The highest BCUT2D eigenvalue weighted by Gasteiger charge is 2.25. The molecular formula is C12H24O4S2. The summed E-state index contributed by atoms with van der Waals surface area (Å²) in [5.41, 5.74) is 0. The molecule has 4 nitrogen and oxygen atoms in total. The van der Waals surface area contributed by atoms with Crippen LogP contribution in [-0.4, -0.2) is 41.8 Å². The van der Waals surface area contributed by atoms with Gasteiger partial charge in [-0.3, -0.25) is 4.79 Å². The molecule has 6 heteroatoms. The summed E-state index contributed by atoms with van der Waals surface area (Å²) in [6, 6.07) is 0. The Morgan fingerprint density at radius 1 is 1.22 bits per heavy atom. The minimum absolute atomic E-state index is 0.219. The van der Waals surface area contributed by atoms with E-state index in [1.807, 2.05) is 13.8 Å². The molecule has 0 aromatic rings. The third-order valence-electron chi connectivity index (χ3n) is 2.62. The molecule has 18 heavy (non-hydrogen) atoms. The Balaban J connectivity index is 0.000000331. The molecule has 1 saturated heterocycles. The number of carbonyl (C=O) groups excluding carboxylic acids is 1. The fourth-order valence-corrected chi connectivity index (χ4v) is 4.53. The van der Waals surface area contributed by atoms with Crippen LogP contribution in [0.1, 0.15) is 46.0 Å². The Bertz CT molecular complexity index is 319. The zero-order valence-electron chi connectivity index (χ0n) is 11.3. The summed E-state index contributed by atoms with van der Waals surface area (Å²) in [6.07, 6.45) is 4.69. The molecule has 0 N–H and O–H groups in total. The lowest BCUT2D eigenvalue weighted by molar-refractivity contribution is -0.116. The summed E-state index contributed by atoms with van der Waals surface area (Å²) in [6.45, 7) is 3.80. The molecule has 0 bridgehead atoms. The SMILES string of the molecule is CCC(=O)C[S+]1CCCC1.CCCCS(=O)(=O)[O-]. The van der Waals surface area contributed by atoms with Crippen LogP contribution in [0.4, 0.5) is 0 Å². The van der Waals surface area contributed by atoms with E-state index in [2.05, 4.69) is 0 Å². The molecule has 1 fully saturated rings. The summed E-state index contributed by atoms with van der Waals surface area (Å²) in [5, 5.41) is 0. The highest BCUT2D eigenvalue weighted by atomic mass is 32.2. The van der Waals surface area contributed by atoms with E-state index in [-0.39, 0.29) is 5.75 Å². The first kappa shape index (κ1) is 17.9. The fraction of sp³-hybridized carbons (Fsp3) is 0.917. The largest absolute Gasteiger partial charge is 0.748 e. The van der Waals surface area contributed by atoms with E-state index in [0.29, 0.717) is 23.1 Å². The number of hydrogen-bond acceptors (Lipinski definition) is 4. The van der Waals surface area contributed by atoms with Crippen LogP contribution in [0.15, 0.2) is 0 Å². The van der Waals surface area contributed by atoms with E-state index in [4.69, 9.17) is 0 Å². The van der Waals surface area contributed by atoms with E-state index in [1.165, 1.54) is 24.3 Å². The van der Waals surface area contributed by atoms with Crippen molar-refractivity contribution in [3.05, 3.63) is 0 Å². The van der Waals surface area contributed by atoms with Gasteiger partial charge in [-0.2, -0.15) is 0 Å². The quantitative estimate of drug-likeness (QED) is 0.552. The van der Waals surface area contributed by atoms with E-state index in [9.17, 15) is 17.8 Å². The Morgan fingerprint density at radius 2 is 1.78 bits per heavy atom. The highest BCUT2D eigenvalue weighted by molar-refractivity contribution is 7.97. The number of rotatable bonds is 6. The van der Waals surface area contributed by atoms with Gasteiger partial charge in [-0.15, -0.1) is 0 Å². The lowest BCUT2D eigenvalue weighted by Gasteiger charge is -2.02. The normalized spacial score (nSPS) is 16.2. The zero-order chi connectivity index (χ0) is 14.0. The van der Waals surface area contributed by atoms with Crippen molar-refractivity contribution in [3.63, 3.8) is 0 Å². The lowest BCUT2D eigenvalue weighted by atomic mass is 10.4. The van der Waals surface area contributed by atoms with E-state index in [1.54, 1.807) is 0 Å². The molecule has 0 amide bonds. The van der Waals surface area contributed by atoms with Gasteiger partial charge in [-0.25, -0.2) is 8.42 Å². The summed E-state index contributed by atoms with van der Waals surface area (Å²) >= 11 is 0. The molecule has 0 aromatic heterocycles. The van der Waals surface area contributed by atoms with Gasteiger partial charge >= 0.3 is 0 Å². The average molecular weight is 296 g/mol. The Morgan fingerprint density at radius 3 is 2.11 bits per heavy atom. The van der Waals surface area contributed by atoms with Gasteiger partial charge in [0.25, 0.3) is 0 Å². The maximum Gasteiger partial charge on any atom is 0.181 e. The molecule has 0 aliphatic carbocycles. The van der Waals surface area contributed by atoms with Gasteiger partial charge in [0, 0.05) is 12.2 Å². The third kappa shape index (κ3) is 11.0. The van der Waals surface area contributed by atoms with Crippen LogP contribution in [0.3, 0.4) is 0 Å². The second-order valence-electron chi connectivity index (χ2n) is 4.38. The molecule has 1 rings (SSSR count). The van der Waals surface area contributed by atoms with Crippen molar-refractivity contribution in [2.75, 3.05) is 23.0 Å². The van der Waals surface area contributed by atoms with Crippen LogP contribution in [0, 0.1) is 0 Å². The lowest BCUT2D eigenvalue weighted by Crippen LogP contribution is -2.16. The first-order chi connectivity index (χ1) is 8.39. The van der Waals surface area contributed by atoms with Gasteiger partial charge in [0.2, 0.25) is 0 Å². The Kier molecular flexibility index (Phi) is 9.77. The van der Waals surface area contributed by atoms with Crippen molar-refractivity contribution in [1.82, 2.24) is 0 Å². The van der Waals surface area contributed by atoms with Crippen LogP contribution in [-0.2, 0) is 25.8 Å². The molecule has 0 aromatic carbocycles. The molecule has 0 atom stereocenters. The van der Waals surface area contributed by atoms with E-state index >= 15 is 0 Å². The summed E-state index contributed by atoms with van der Waals surface area (Å²) in [4.78, 5) is 11.0. The first-order valence-corrected chi connectivity index (χ1v) is 9.79. The van der Waals surface area contributed by atoms with Gasteiger partial charge < -0.3 is 4.55 Å². The van der Waals surface area contributed by atoms with E-state index < -0.39 is 10.1 Å². The number of hydrogen-bond donors (Lipinski definition) is 0. The maximum atomic E-state index is 11.0. The van der Waals surface area contributed by atoms with E-state index in [0.717, 1.165) is 18.6 Å². The Hall–Kier alpha value is -0.0700. The molecule has 0 spiro atoms. The van der Waals surface area contributed by atoms with Crippen molar-refractivity contribution in [2.24, 2.45) is 0 Å². The predicted molar refractivity (Wildman–Crippen MR) is 76.0 cm³/mol. The molecule has 1 aliphatic heterocycles. The van der Waals surface area contributed by atoms with Crippen LogP contribution in [0.5, 0.6) is 0 Å². The fourth-order valence-electron chi connectivity index (χ4n) is 1.51. The molecule has 1 heterocycles. The maximum absolute atomic E-state index is 11.0. The molecule has 108 valence electrons. The summed E-state index contributed by atoms with van der Waals surface area (Å²) in [7, 11) is -3.44. The van der Waals surface area contributed by atoms with Crippen molar-refractivity contribution >= 4 is 26.8 Å². The van der Waals surface area contributed by atoms with Gasteiger partial charge in [-0.1, -0.05) is 20.3 Å². The average Bonchev–Trinajstić information content (AvgIpc) is 2.79. The highest BCUT2D eigenvalue weighted by Crippen LogP contribution is 2.13. The van der Waals surface area contributed by atoms with Crippen LogP contribution in [0.2, 0.25) is 0 Å². The monoisotopic (exact) mass is 296 g/mol. The van der Waals surface area contributed by atoms with Crippen molar-refractivity contribution in [1.29, 1.82) is 0 Å². The third-order valence-corrected chi connectivity index (χ3v) is 5.87. The number of ketones is 1. The summed E-state index contributed by atoms with van der Waals surface area (Å²) < 4.78 is 29.5. The second-order valence-corrected chi connectivity index (χ2v) is 8.23. The van der Waals surface area contributed by atoms with Gasteiger partial charge in [0.15, 0.2) is 11.5 Å². The first-order valence-electron chi connectivity index (χ1n) is 6.48. The van der Waals surface area contributed by atoms with Gasteiger partial charge in [0.05, 0.1) is 10.1 Å². The van der Waals surface area contributed by atoms with Gasteiger partial charge in [0.1, 0.15) is 11.5 Å². The number of carbonyl (C=O) groups is 1. The van der Waals surface area contributed by atoms with Crippen LogP contribution < -0.4 is 0 Å². The smallest absolute Gasteiger partial charge is 0.181 e. The van der Waals surface area contributed by atoms with Crippen LogP contribution in [0.25, 0.3) is 0 Å². The molecule has 0 radical (unpaired) electrons. The molecule has 0 unspecified atom stereocenters. The molecule has 0 saturated carbocycles. The second kappa shape index (κ2) is 9.81. The van der Waals surface area contributed by atoms with Crippen molar-refractivity contribution in [3.8, 4) is 0 Å². The minimum Gasteiger partial charge on any atom is -0.748 e. The Labute approximate surface area is 114 Å². The number of Topliss-reactive ketones (excluding diaryl/α,β-unsaturated/α-hetero) is 1. The standard InChI is InChI=1S/C8H15OS.C4H10O3S/c1-2-8(9)7-10-5-3-4-6-10;1-2-3-4-8(5,6)7/h2-7H2,1H3;2-4H2,1H3,(H,5,6,7)/q+1;/p-1. The minimum atomic E-state index is -3.94. The number of unbranched alkanes of at least 4 members (excludes halogenated alkanes) is 1. The summed E-state index contributed by atoms with van der Waals surface area (Å²) in [5.74, 6) is 3.78. The van der Waals surface area contributed by atoms with Gasteiger partial charge in [-0.05, 0) is 30.2 Å². The van der Waals surface area contributed by atoms with Crippen LogP contribution >= 0.6 is 0 Å². The van der Waals surface area contributed by atoms with Crippen molar-refractivity contribution in [2.45, 2.75) is 46.0 Å². The molecule has 1 aliphatic rings. The predicted octanol–water partition coefficient (Wildman–Crippen LogP) is 1.71. The molecular weight excluding hydrogens is 272 g/mol. The topological polar surface area (TPSA) is 74.3 Å².